The first-order valence-electron chi connectivity index (χ1n) is 7.53. The zero-order chi connectivity index (χ0) is 12.5. The third kappa shape index (κ3) is 5.22. The van der Waals surface area contributed by atoms with Gasteiger partial charge in [0, 0.05) is 0 Å². The Labute approximate surface area is 112 Å². The third-order valence-corrected chi connectivity index (χ3v) is 3.81. The number of nitrogens with zero attached hydrogens (tertiary/aromatic N) is 1. The van der Waals surface area contributed by atoms with Crippen LogP contribution in [0.3, 0.4) is 0 Å². The largest absolute Gasteiger partial charge is 0.303 e. The van der Waals surface area contributed by atoms with Crippen molar-refractivity contribution in [2.75, 3.05) is 19.6 Å². The van der Waals surface area contributed by atoms with Gasteiger partial charge in [-0.2, -0.15) is 0 Å². The molecule has 0 amide bonds. The molecule has 2 rings (SSSR count). The Balaban J connectivity index is 1.46. The summed E-state index contributed by atoms with van der Waals surface area (Å²) < 4.78 is 0. The lowest BCUT2D eigenvalue weighted by molar-refractivity contribution is 0.230. The molecule has 0 aliphatic carbocycles. The molecule has 1 fully saturated rings. The van der Waals surface area contributed by atoms with Crippen molar-refractivity contribution in [2.24, 2.45) is 0 Å². The van der Waals surface area contributed by atoms with Gasteiger partial charge in [-0.15, -0.1) is 0 Å². The van der Waals surface area contributed by atoms with Gasteiger partial charge in [0.05, 0.1) is 0 Å². The Morgan fingerprint density at radius 1 is 0.944 bits per heavy atom. The molecule has 1 heterocycles. The zero-order valence-corrected chi connectivity index (χ0v) is 11.5. The number of unbranched alkanes of at least 4 members (excludes halogenated alkanes) is 3. The monoisotopic (exact) mass is 244 g/mol. The molecule has 1 aliphatic heterocycles. The number of likely N-dealkylation sites (tertiary alicyclic amines) is 1. The topological polar surface area (TPSA) is 3.24 Å². The normalized spacial score (nSPS) is 16.9. The number of benzene rings is 1. The van der Waals surface area contributed by atoms with Crippen LogP contribution in [0.2, 0.25) is 0 Å². The van der Waals surface area contributed by atoms with E-state index in [4.69, 9.17) is 0 Å². The highest BCUT2D eigenvalue weighted by Gasteiger charge is 2.08. The van der Waals surface area contributed by atoms with Gasteiger partial charge in [0.15, 0.2) is 0 Å². The fourth-order valence-electron chi connectivity index (χ4n) is 2.70. The summed E-state index contributed by atoms with van der Waals surface area (Å²) in [5.74, 6) is 0. The minimum Gasteiger partial charge on any atom is -0.303 e. The standard InChI is InChI=1S/C17H26N/c1(5-11-17-12-6-3-7-13-17)2-8-14-18-15-9-4-10-16-18/h2-3,6-7,12-13H,1,4-5,8-11,14-16H2. The fraction of sp³-hybridized carbons (Fsp3) is 0.588. The van der Waals surface area contributed by atoms with E-state index in [1.807, 2.05) is 0 Å². The molecule has 1 radical (unpaired) electrons. The van der Waals surface area contributed by atoms with Crippen LogP contribution in [0.1, 0.15) is 44.1 Å². The maximum atomic E-state index is 2.62. The summed E-state index contributed by atoms with van der Waals surface area (Å²) in [4.78, 5) is 2.62. The van der Waals surface area contributed by atoms with Gasteiger partial charge in [0.25, 0.3) is 0 Å². The Kier molecular flexibility index (Phi) is 6.28. The molecule has 99 valence electrons. The summed E-state index contributed by atoms with van der Waals surface area (Å²) in [7, 11) is 0. The molecule has 1 nitrogen and oxygen atoms in total. The smallest absolute Gasteiger partial charge is 0.00160 e. The number of hydrogen-bond donors (Lipinski definition) is 0. The van der Waals surface area contributed by atoms with Crippen molar-refractivity contribution in [1.29, 1.82) is 0 Å². The summed E-state index contributed by atoms with van der Waals surface area (Å²) in [6.45, 7) is 3.95. The zero-order valence-electron chi connectivity index (χ0n) is 11.5. The van der Waals surface area contributed by atoms with Crippen molar-refractivity contribution in [3.05, 3.63) is 42.3 Å². The van der Waals surface area contributed by atoms with Gasteiger partial charge in [-0.1, -0.05) is 36.8 Å². The Hall–Kier alpha value is -0.820. The second-order valence-corrected chi connectivity index (χ2v) is 5.36. The van der Waals surface area contributed by atoms with Crippen LogP contribution in [-0.4, -0.2) is 24.5 Å². The summed E-state index contributed by atoms with van der Waals surface area (Å²) in [6.07, 6.45) is 11.8. The summed E-state index contributed by atoms with van der Waals surface area (Å²) in [6, 6.07) is 10.8. The van der Waals surface area contributed by atoms with E-state index in [1.165, 1.54) is 70.1 Å². The van der Waals surface area contributed by atoms with E-state index in [-0.39, 0.29) is 0 Å². The molecule has 18 heavy (non-hydrogen) atoms. The van der Waals surface area contributed by atoms with Gasteiger partial charge in [-0.25, -0.2) is 0 Å². The highest BCUT2D eigenvalue weighted by molar-refractivity contribution is 5.14. The molecule has 0 spiro atoms. The second kappa shape index (κ2) is 8.31. The van der Waals surface area contributed by atoms with Crippen molar-refractivity contribution >= 4 is 0 Å². The van der Waals surface area contributed by atoms with Crippen molar-refractivity contribution < 1.29 is 0 Å². The molecule has 1 saturated heterocycles. The van der Waals surface area contributed by atoms with Crippen LogP contribution < -0.4 is 0 Å². The summed E-state index contributed by atoms with van der Waals surface area (Å²) in [5, 5.41) is 0. The van der Waals surface area contributed by atoms with E-state index in [2.05, 4.69) is 41.7 Å². The van der Waals surface area contributed by atoms with Gasteiger partial charge in [0.1, 0.15) is 0 Å². The van der Waals surface area contributed by atoms with E-state index in [0.29, 0.717) is 0 Å². The predicted molar refractivity (Wildman–Crippen MR) is 78.6 cm³/mol. The molecule has 1 heteroatoms. The predicted octanol–water partition coefficient (Wildman–Crippen LogP) is 4.09. The van der Waals surface area contributed by atoms with E-state index in [9.17, 15) is 0 Å². The highest BCUT2D eigenvalue weighted by atomic mass is 15.1. The van der Waals surface area contributed by atoms with Crippen LogP contribution in [0.15, 0.2) is 30.3 Å². The minimum absolute atomic E-state index is 1.22. The van der Waals surface area contributed by atoms with Crippen molar-refractivity contribution in [3.63, 3.8) is 0 Å². The first-order valence-corrected chi connectivity index (χ1v) is 7.53. The fourth-order valence-corrected chi connectivity index (χ4v) is 2.70. The molecule has 0 N–H and O–H groups in total. The lowest BCUT2D eigenvalue weighted by Gasteiger charge is -2.26. The Morgan fingerprint density at radius 2 is 1.72 bits per heavy atom. The van der Waals surface area contributed by atoms with Gasteiger partial charge in [0.2, 0.25) is 0 Å². The molecule has 1 aliphatic rings. The van der Waals surface area contributed by atoms with Gasteiger partial charge in [-0.05, 0) is 70.1 Å². The maximum absolute atomic E-state index is 2.62. The SMILES string of the molecule is [CH](CCCc1ccccc1)CCN1CCCCC1. The molecule has 0 bridgehead atoms. The van der Waals surface area contributed by atoms with E-state index in [0.717, 1.165) is 0 Å². The van der Waals surface area contributed by atoms with Crippen molar-refractivity contribution in [3.8, 4) is 0 Å². The summed E-state index contributed by atoms with van der Waals surface area (Å²) >= 11 is 0. The minimum atomic E-state index is 1.22. The molecule has 0 unspecified atom stereocenters. The van der Waals surface area contributed by atoms with Crippen LogP contribution in [0, 0.1) is 6.42 Å². The molecule has 0 saturated carbocycles. The quantitative estimate of drug-likeness (QED) is 0.653. The molecule has 1 aromatic rings. The molecular weight excluding hydrogens is 218 g/mol. The van der Waals surface area contributed by atoms with E-state index >= 15 is 0 Å². The lowest BCUT2D eigenvalue weighted by Crippen LogP contribution is -2.30. The number of aryl methyl sites for hydroxylation is 1. The Morgan fingerprint density at radius 3 is 2.50 bits per heavy atom. The second-order valence-electron chi connectivity index (χ2n) is 5.36. The highest BCUT2D eigenvalue weighted by Crippen LogP contribution is 2.11. The van der Waals surface area contributed by atoms with Crippen LogP contribution in [0.25, 0.3) is 0 Å². The van der Waals surface area contributed by atoms with Crippen molar-refractivity contribution in [2.45, 2.75) is 44.9 Å². The Bertz CT molecular complexity index is 301. The van der Waals surface area contributed by atoms with Crippen LogP contribution in [0.4, 0.5) is 0 Å². The van der Waals surface area contributed by atoms with E-state index in [1.54, 1.807) is 0 Å². The molecule has 0 aromatic heterocycles. The molecule has 0 atom stereocenters. The summed E-state index contributed by atoms with van der Waals surface area (Å²) in [5.41, 5.74) is 1.47. The first kappa shape index (κ1) is 13.6. The van der Waals surface area contributed by atoms with Gasteiger partial charge < -0.3 is 4.90 Å². The maximum Gasteiger partial charge on any atom is -0.00160 e. The van der Waals surface area contributed by atoms with Crippen molar-refractivity contribution in [1.82, 2.24) is 4.90 Å². The number of hydrogen-bond acceptors (Lipinski definition) is 1. The van der Waals surface area contributed by atoms with Crippen LogP contribution in [-0.2, 0) is 6.42 Å². The third-order valence-electron chi connectivity index (χ3n) is 3.81. The van der Waals surface area contributed by atoms with E-state index < -0.39 is 0 Å². The number of rotatable bonds is 7. The average Bonchev–Trinajstić information content (AvgIpc) is 2.45. The number of piperidine rings is 1. The van der Waals surface area contributed by atoms with Gasteiger partial charge >= 0.3 is 0 Å². The first-order chi connectivity index (χ1) is 8.95. The van der Waals surface area contributed by atoms with Crippen LogP contribution >= 0.6 is 0 Å². The van der Waals surface area contributed by atoms with Gasteiger partial charge in [-0.3, -0.25) is 0 Å². The van der Waals surface area contributed by atoms with Crippen LogP contribution in [0.5, 0.6) is 0 Å². The lowest BCUT2D eigenvalue weighted by atomic mass is 10.1. The average molecular weight is 244 g/mol. The molecule has 1 aromatic carbocycles. The molecular formula is C17H26N.